The third-order valence-electron chi connectivity index (χ3n) is 2.99. The summed E-state index contributed by atoms with van der Waals surface area (Å²) in [5.74, 6) is -0.409. The molecule has 0 aliphatic carbocycles. The standard InChI is InChI=1S/C15H10BrClF4/c16-13(12-8-11(17)5-6-14(12)18)7-9-1-3-10(4-2-9)15(19,20)21/h1-6,8,13H,7H2. The Morgan fingerprint density at radius 2 is 1.67 bits per heavy atom. The lowest BCUT2D eigenvalue weighted by atomic mass is 10.0. The number of rotatable bonds is 3. The van der Waals surface area contributed by atoms with Gasteiger partial charge in [-0.25, -0.2) is 4.39 Å². The highest BCUT2D eigenvalue weighted by molar-refractivity contribution is 9.09. The van der Waals surface area contributed by atoms with Crippen molar-refractivity contribution in [2.24, 2.45) is 0 Å². The summed E-state index contributed by atoms with van der Waals surface area (Å²) < 4.78 is 51.1. The summed E-state index contributed by atoms with van der Waals surface area (Å²) in [5.41, 5.74) is 0.345. The van der Waals surface area contributed by atoms with Gasteiger partial charge in [0.1, 0.15) is 5.82 Å². The molecule has 1 atom stereocenters. The van der Waals surface area contributed by atoms with Crippen LogP contribution in [0.15, 0.2) is 42.5 Å². The van der Waals surface area contributed by atoms with Crippen LogP contribution in [0.2, 0.25) is 5.02 Å². The molecular formula is C15H10BrClF4. The Morgan fingerprint density at radius 3 is 2.24 bits per heavy atom. The van der Waals surface area contributed by atoms with Crippen molar-refractivity contribution in [2.45, 2.75) is 17.4 Å². The molecule has 2 aromatic carbocycles. The van der Waals surface area contributed by atoms with Gasteiger partial charge in [-0.05, 0) is 42.3 Å². The molecule has 0 aliphatic heterocycles. The quantitative estimate of drug-likeness (QED) is 0.440. The first kappa shape index (κ1) is 16.3. The molecule has 2 rings (SSSR count). The summed E-state index contributed by atoms with van der Waals surface area (Å²) in [6.07, 6.45) is -4.00. The van der Waals surface area contributed by atoms with Gasteiger partial charge in [-0.2, -0.15) is 13.2 Å². The highest BCUT2D eigenvalue weighted by Crippen LogP contribution is 2.33. The first-order valence-corrected chi connectivity index (χ1v) is 7.32. The number of hydrogen-bond acceptors (Lipinski definition) is 0. The van der Waals surface area contributed by atoms with E-state index in [1.54, 1.807) is 0 Å². The molecule has 0 nitrogen and oxygen atoms in total. The van der Waals surface area contributed by atoms with Crippen molar-refractivity contribution in [3.8, 4) is 0 Å². The van der Waals surface area contributed by atoms with E-state index in [9.17, 15) is 17.6 Å². The van der Waals surface area contributed by atoms with E-state index >= 15 is 0 Å². The third kappa shape index (κ3) is 4.20. The maximum atomic E-state index is 13.7. The minimum absolute atomic E-state index is 0.357. The fraction of sp³-hybridized carbons (Fsp3) is 0.200. The van der Waals surface area contributed by atoms with Crippen LogP contribution in [0.4, 0.5) is 17.6 Å². The van der Waals surface area contributed by atoms with Crippen molar-refractivity contribution >= 4 is 27.5 Å². The van der Waals surface area contributed by atoms with E-state index in [0.717, 1.165) is 12.1 Å². The summed E-state index contributed by atoms with van der Waals surface area (Å²) in [6, 6.07) is 9.02. The SMILES string of the molecule is Fc1ccc(Cl)cc1C(Br)Cc1ccc(C(F)(F)F)cc1. The zero-order valence-electron chi connectivity index (χ0n) is 10.6. The molecule has 0 bridgehead atoms. The van der Waals surface area contributed by atoms with Gasteiger partial charge < -0.3 is 0 Å². The summed E-state index contributed by atoms with van der Waals surface area (Å²) in [4.78, 5) is -0.368. The van der Waals surface area contributed by atoms with Crippen molar-refractivity contribution in [1.82, 2.24) is 0 Å². The lowest BCUT2D eigenvalue weighted by Gasteiger charge is -2.13. The van der Waals surface area contributed by atoms with Crippen LogP contribution in [-0.2, 0) is 12.6 Å². The first-order valence-electron chi connectivity index (χ1n) is 6.02. The number of benzene rings is 2. The molecule has 112 valence electrons. The van der Waals surface area contributed by atoms with Crippen molar-refractivity contribution < 1.29 is 17.6 Å². The van der Waals surface area contributed by atoms with Crippen molar-refractivity contribution in [1.29, 1.82) is 0 Å². The molecule has 0 saturated carbocycles. The number of halogens is 6. The number of hydrogen-bond donors (Lipinski definition) is 0. The molecule has 0 spiro atoms. The Bertz CT molecular complexity index is 623. The van der Waals surface area contributed by atoms with Crippen molar-refractivity contribution in [3.63, 3.8) is 0 Å². The molecule has 21 heavy (non-hydrogen) atoms. The molecule has 2 aromatic rings. The van der Waals surface area contributed by atoms with Crippen LogP contribution < -0.4 is 0 Å². The Balaban J connectivity index is 2.16. The molecular weight excluding hydrogens is 372 g/mol. The molecule has 0 saturated heterocycles. The highest BCUT2D eigenvalue weighted by Gasteiger charge is 2.30. The summed E-state index contributed by atoms with van der Waals surface area (Å²) >= 11 is 9.17. The van der Waals surface area contributed by atoms with Gasteiger partial charge in [-0.3, -0.25) is 0 Å². The smallest absolute Gasteiger partial charge is 0.207 e. The van der Waals surface area contributed by atoms with Gasteiger partial charge in [0.25, 0.3) is 0 Å². The van der Waals surface area contributed by atoms with Gasteiger partial charge in [0.05, 0.1) is 5.56 Å². The second-order valence-corrected chi connectivity index (χ2v) is 6.07. The fourth-order valence-corrected chi connectivity index (χ4v) is 2.81. The van der Waals surface area contributed by atoms with E-state index in [1.807, 2.05) is 0 Å². The lowest BCUT2D eigenvalue weighted by Crippen LogP contribution is -2.05. The summed E-state index contributed by atoms with van der Waals surface area (Å²) in [6.45, 7) is 0. The monoisotopic (exact) mass is 380 g/mol. The van der Waals surface area contributed by atoms with Gasteiger partial charge in [-0.15, -0.1) is 0 Å². The molecule has 0 radical (unpaired) electrons. The highest BCUT2D eigenvalue weighted by atomic mass is 79.9. The van der Waals surface area contributed by atoms with E-state index in [4.69, 9.17) is 11.6 Å². The minimum Gasteiger partial charge on any atom is -0.207 e. The normalized spacial score (nSPS) is 13.2. The zero-order chi connectivity index (χ0) is 15.6. The molecule has 0 heterocycles. The Labute approximate surface area is 132 Å². The van der Waals surface area contributed by atoms with E-state index in [2.05, 4.69) is 15.9 Å². The van der Waals surface area contributed by atoms with Crippen LogP contribution in [0.1, 0.15) is 21.5 Å². The molecule has 1 unspecified atom stereocenters. The second-order valence-electron chi connectivity index (χ2n) is 4.53. The predicted molar refractivity (Wildman–Crippen MR) is 78.2 cm³/mol. The Morgan fingerprint density at radius 1 is 1.05 bits per heavy atom. The molecule has 0 aromatic heterocycles. The topological polar surface area (TPSA) is 0 Å². The summed E-state index contributed by atoms with van der Waals surface area (Å²) in [5, 5.41) is 0.406. The second kappa shape index (κ2) is 6.36. The van der Waals surface area contributed by atoms with Crippen molar-refractivity contribution in [3.05, 3.63) is 70.0 Å². The largest absolute Gasteiger partial charge is 0.416 e. The van der Waals surface area contributed by atoms with E-state index in [0.29, 0.717) is 22.6 Å². The molecule has 6 heteroatoms. The van der Waals surface area contributed by atoms with Crippen LogP contribution in [0.25, 0.3) is 0 Å². The van der Waals surface area contributed by atoms with Crippen LogP contribution in [0.5, 0.6) is 0 Å². The van der Waals surface area contributed by atoms with Crippen LogP contribution >= 0.6 is 27.5 Å². The molecule has 0 fully saturated rings. The third-order valence-corrected chi connectivity index (χ3v) is 4.04. The Hall–Kier alpha value is -1.07. The van der Waals surface area contributed by atoms with Crippen molar-refractivity contribution in [2.75, 3.05) is 0 Å². The van der Waals surface area contributed by atoms with Gasteiger partial charge in [0, 0.05) is 15.4 Å². The van der Waals surface area contributed by atoms with E-state index in [1.165, 1.54) is 30.3 Å². The average molecular weight is 382 g/mol. The number of alkyl halides is 4. The van der Waals surface area contributed by atoms with E-state index < -0.39 is 17.6 Å². The average Bonchev–Trinajstić information content (AvgIpc) is 2.41. The van der Waals surface area contributed by atoms with E-state index in [-0.39, 0.29) is 4.83 Å². The van der Waals surface area contributed by atoms with Gasteiger partial charge >= 0.3 is 6.18 Å². The molecule has 0 aliphatic rings. The van der Waals surface area contributed by atoms with Crippen LogP contribution in [0.3, 0.4) is 0 Å². The lowest BCUT2D eigenvalue weighted by molar-refractivity contribution is -0.137. The predicted octanol–water partition coefficient (Wildman–Crippen LogP) is 6.18. The molecule has 0 amide bonds. The van der Waals surface area contributed by atoms with Gasteiger partial charge in [-0.1, -0.05) is 39.7 Å². The molecule has 0 N–H and O–H groups in total. The maximum Gasteiger partial charge on any atom is 0.416 e. The Kier molecular flexibility index (Phi) is 4.94. The van der Waals surface area contributed by atoms with Crippen LogP contribution in [0, 0.1) is 5.82 Å². The van der Waals surface area contributed by atoms with Gasteiger partial charge in [0.15, 0.2) is 0 Å². The maximum absolute atomic E-state index is 13.7. The first-order chi connectivity index (χ1) is 9.77. The zero-order valence-corrected chi connectivity index (χ0v) is 12.9. The minimum atomic E-state index is -4.36. The fourth-order valence-electron chi connectivity index (χ4n) is 1.90. The van der Waals surface area contributed by atoms with Crippen LogP contribution in [-0.4, -0.2) is 0 Å². The summed E-state index contributed by atoms with van der Waals surface area (Å²) in [7, 11) is 0. The van der Waals surface area contributed by atoms with Gasteiger partial charge in [0.2, 0.25) is 0 Å².